The molecule has 0 aliphatic rings. The molecule has 0 aliphatic heterocycles. The molecule has 0 N–H and O–H groups in total. The van der Waals surface area contributed by atoms with E-state index in [0.717, 1.165) is 6.42 Å². The maximum absolute atomic E-state index is 3.68. The zero-order chi connectivity index (χ0) is 4.12. The number of rotatable bonds is 2. The van der Waals surface area contributed by atoms with Crippen molar-refractivity contribution in [1.82, 2.24) is 0 Å². The molecule has 0 bridgehead atoms. The first-order valence-electron chi connectivity index (χ1n) is 2.21. The molecule has 0 rings (SSSR count). The van der Waals surface area contributed by atoms with Crippen molar-refractivity contribution in [1.29, 1.82) is 0 Å². The Kier molecular flexibility index (Phi) is 4.00. The molecule has 0 aromatic heterocycles. The molecule has 0 saturated heterocycles. The lowest BCUT2D eigenvalue weighted by Gasteiger charge is -1.79. The van der Waals surface area contributed by atoms with Crippen LogP contribution in [0.15, 0.2) is 0 Å². The monoisotopic (exact) mass is 73.1 g/mol. The average molecular weight is 73.1 g/mol. The zero-order valence-corrected chi connectivity index (χ0v) is 3.83. The van der Waals surface area contributed by atoms with Gasteiger partial charge in [0.1, 0.15) is 0 Å². The Labute approximate surface area is 34.2 Å². The van der Waals surface area contributed by atoms with E-state index in [2.05, 4.69) is 13.8 Å². The molecule has 0 nitrogen and oxygen atoms in total. The topological polar surface area (TPSA) is 0 Å². The van der Waals surface area contributed by atoms with Crippen LogP contribution in [-0.2, 0) is 0 Å². The zero-order valence-electron chi connectivity index (χ0n) is 3.83. The lowest BCUT2D eigenvalue weighted by molar-refractivity contribution is 0.813. The van der Waals surface area contributed by atoms with Crippen molar-refractivity contribution in [3.05, 3.63) is 6.92 Å². The second kappa shape index (κ2) is 4.00. The van der Waals surface area contributed by atoms with E-state index in [1.807, 2.05) is 0 Å². The van der Waals surface area contributed by atoms with Crippen LogP contribution in [0, 0.1) is 6.92 Å². The molecule has 0 aromatic carbocycles. The Morgan fingerprint density at radius 3 is 2.40 bits per heavy atom. The highest BCUT2D eigenvalue weighted by atomic mass is 14.8. The first kappa shape index (κ1) is 5.00. The first-order valence-corrected chi connectivity index (χ1v) is 2.21. The second-order valence-electron chi connectivity index (χ2n) is 1.21. The molecule has 31 valence electrons. The van der Waals surface area contributed by atoms with Crippen molar-refractivity contribution in [2.45, 2.75) is 26.2 Å². The summed E-state index contributed by atoms with van der Waals surface area (Å²) >= 11 is 0. The van der Waals surface area contributed by atoms with Gasteiger partial charge < -0.3 is 0 Å². The van der Waals surface area contributed by atoms with Crippen molar-refractivity contribution in [2.75, 3.05) is 0 Å². The summed E-state index contributed by atoms with van der Waals surface area (Å²) in [5.41, 5.74) is 0. The third-order valence-electron chi connectivity index (χ3n) is 0.604. The molecule has 1 radical (unpaired) electrons. The first-order chi connectivity index (χ1) is 2.41. The van der Waals surface area contributed by atoms with E-state index in [9.17, 15) is 0 Å². The minimum atomic E-state index is 1.09. The van der Waals surface area contributed by atoms with E-state index < -0.39 is 0 Å². The fourth-order valence-electron chi connectivity index (χ4n) is 0.250. The summed E-state index contributed by atoms with van der Waals surface area (Å²) < 4.78 is 0. The van der Waals surface area contributed by atoms with Crippen LogP contribution < -0.4 is 0 Å². The largest absolute Gasteiger partial charge is 0.0654 e. The minimum Gasteiger partial charge on any atom is -0.0654 e. The number of hydrogen-bond donors (Lipinski definition) is 0. The Morgan fingerprint density at radius 1 is 1.80 bits per heavy atom. The Morgan fingerprint density at radius 2 is 2.40 bits per heavy atom. The van der Waals surface area contributed by atoms with Gasteiger partial charge in [0, 0.05) is 0 Å². The van der Waals surface area contributed by atoms with E-state index >= 15 is 0 Å². The van der Waals surface area contributed by atoms with Gasteiger partial charge in [0.25, 0.3) is 0 Å². The van der Waals surface area contributed by atoms with Crippen LogP contribution >= 0.6 is 0 Å². The quantitative estimate of drug-likeness (QED) is 0.469. The summed E-state index contributed by atoms with van der Waals surface area (Å²) in [6.07, 6.45) is 3.65. The fourth-order valence-corrected chi connectivity index (χ4v) is 0.250. The van der Waals surface area contributed by atoms with Gasteiger partial charge in [-0.1, -0.05) is 33.1 Å². The third-order valence-corrected chi connectivity index (χ3v) is 0.604. The van der Waals surface area contributed by atoms with Gasteiger partial charge in [-0.25, -0.2) is 0 Å². The molecule has 0 aromatic rings. The molecule has 0 unspecified atom stereocenters. The van der Waals surface area contributed by atoms with Crippen molar-refractivity contribution < 1.29 is 0 Å². The van der Waals surface area contributed by atoms with Crippen LogP contribution in [0.5, 0.6) is 0 Å². The van der Waals surface area contributed by atoms with Gasteiger partial charge in [0.05, 0.1) is 0 Å². The molecule has 0 spiro atoms. The summed E-state index contributed by atoms with van der Waals surface area (Å²) in [6.45, 7) is 5.85. The van der Waals surface area contributed by atoms with Gasteiger partial charge in [0.2, 0.25) is 0 Å². The highest BCUT2D eigenvalue weighted by Crippen LogP contribution is 1.87. The van der Waals surface area contributed by atoms with Crippen molar-refractivity contribution >= 4 is 0 Å². The van der Waals surface area contributed by atoms with Crippen LogP contribution in [0.1, 0.15) is 26.2 Å². The normalized spacial score (nSPS) is 8.40. The summed E-state index contributed by atoms with van der Waals surface area (Å²) in [7, 11) is 0. The molecule has 0 atom stereocenters. The minimum absolute atomic E-state index is 1.09. The highest BCUT2D eigenvalue weighted by Gasteiger charge is 1.68. The smallest absolute Gasteiger partial charge is 0.0533 e. The maximum atomic E-state index is 3.68. The molecule has 0 heteroatoms. The molecule has 0 amide bonds. The second-order valence-corrected chi connectivity index (χ2v) is 1.21. The van der Waals surface area contributed by atoms with Crippen molar-refractivity contribution in [2.24, 2.45) is 0 Å². The van der Waals surface area contributed by atoms with Crippen LogP contribution in [-0.4, -0.2) is 0 Å². The fraction of sp³-hybridized carbons (Fsp3) is 0.800. The van der Waals surface area contributed by atoms with Gasteiger partial charge in [-0.05, 0) is 0 Å². The van der Waals surface area contributed by atoms with Gasteiger partial charge in [-0.2, -0.15) is 0 Å². The van der Waals surface area contributed by atoms with Crippen LogP contribution in [0.2, 0.25) is 0 Å². The molecule has 0 heterocycles. The summed E-state index contributed by atoms with van der Waals surface area (Å²) in [4.78, 5) is 0. The molecular formula is C5H11. The standard InChI is InChI=1S/C5H11/c1-3-5-4-2/h1,3-5H2,2H3/i3+2. The van der Waals surface area contributed by atoms with Crippen molar-refractivity contribution in [3.63, 3.8) is 0 Å². The molecule has 0 fully saturated rings. The lowest BCUT2D eigenvalue weighted by Crippen LogP contribution is -1.59. The van der Waals surface area contributed by atoms with Crippen LogP contribution in [0.4, 0.5) is 0 Å². The lowest BCUT2D eigenvalue weighted by atomic mass is 10.5. The van der Waals surface area contributed by atoms with Crippen LogP contribution in [0.25, 0.3) is 0 Å². The van der Waals surface area contributed by atoms with Gasteiger partial charge >= 0.3 is 0 Å². The summed E-state index contributed by atoms with van der Waals surface area (Å²) in [6, 6.07) is 0. The van der Waals surface area contributed by atoms with E-state index in [0.29, 0.717) is 0 Å². The molecule has 0 aliphatic carbocycles. The van der Waals surface area contributed by atoms with E-state index in [1.54, 1.807) is 0 Å². The summed E-state index contributed by atoms with van der Waals surface area (Å²) in [5, 5.41) is 0. The number of hydrogen-bond acceptors (Lipinski definition) is 0. The van der Waals surface area contributed by atoms with E-state index in [-0.39, 0.29) is 0 Å². The SMILES string of the molecule is [CH2][14CH2]CCC. The highest BCUT2D eigenvalue weighted by molar-refractivity contribution is 4.35. The Balaban J connectivity index is 2.19. The summed E-state index contributed by atoms with van der Waals surface area (Å²) in [5.74, 6) is 0. The van der Waals surface area contributed by atoms with Crippen LogP contribution in [0.3, 0.4) is 0 Å². The van der Waals surface area contributed by atoms with Gasteiger partial charge in [-0.15, -0.1) is 0 Å². The molecule has 0 saturated carbocycles. The number of unbranched alkanes of at least 4 members (excludes halogenated alkanes) is 2. The maximum Gasteiger partial charge on any atom is -0.0533 e. The Hall–Kier alpha value is 0. The van der Waals surface area contributed by atoms with Gasteiger partial charge in [-0.3, -0.25) is 0 Å². The van der Waals surface area contributed by atoms with Crippen molar-refractivity contribution in [3.8, 4) is 0 Å². The van der Waals surface area contributed by atoms with E-state index in [1.165, 1.54) is 12.8 Å². The molecule has 5 heavy (non-hydrogen) atoms. The molecular weight excluding hydrogens is 62.0 g/mol. The predicted octanol–water partition coefficient (Wildman–Crippen LogP) is 2.01. The third kappa shape index (κ3) is 4.00. The average Bonchev–Trinajstić information content (AvgIpc) is 1.41. The van der Waals surface area contributed by atoms with Gasteiger partial charge in [0.15, 0.2) is 0 Å². The Bertz CT molecular complexity index is 7.51. The van der Waals surface area contributed by atoms with E-state index in [4.69, 9.17) is 0 Å². The predicted molar refractivity (Wildman–Crippen MR) is 24.9 cm³/mol.